The number of rotatable bonds is 2. The van der Waals surface area contributed by atoms with Gasteiger partial charge in [-0.1, -0.05) is 30.3 Å². The third kappa shape index (κ3) is 2.33. The van der Waals surface area contributed by atoms with Gasteiger partial charge in [-0.05, 0) is 5.56 Å². The second-order valence-electron chi connectivity index (χ2n) is 4.25. The molecule has 1 aromatic carbocycles. The highest BCUT2D eigenvalue weighted by Gasteiger charge is 2.27. The van der Waals surface area contributed by atoms with Crippen molar-refractivity contribution in [3.8, 4) is 0 Å². The molecule has 1 fully saturated rings. The standard InChI is InChI=1S/C13H16N2O2/c1-2-4-10(5-3-1)11-8-17-12(9-16-11)13-14-6-7-15-13/h1-5,11-12H,6-9H2,(H,14,15)/t11-,12+/m0/s1. The van der Waals surface area contributed by atoms with Crippen molar-refractivity contribution in [2.75, 3.05) is 26.3 Å². The maximum absolute atomic E-state index is 5.84. The molecule has 0 spiro atoms. The Labute approximate surface area is 101 Å². The Bertz CT molecular complexity index is 397. The van der Waals surface area contributed by atoms with Crippen molar-refractivity contribution in [2.24, 2.45) is 4.99 Å². The lowest BCUT2D eigenvalue weighted by Gasteiger charge is -2.29. The zero-order valence-corrected chi connectivity index (χ0v) is 9.63. The van der Waals surface area contributed by atoms with E-state index in [0.29, 0.717) is 13.2 Å². The first kappa shape index (κ1) is 10.7. The average molecular weight is 232 g/mol. The summed E-state index contributed by atoms with van der Waals surface area (Å²) in [7, 11) is 0. The van der Waals surface area contributed by atoms with Crippen molar-refractivity contribution in [3.05, 3.63) is 35.9 Å². The molecule has 17 heavy (non-hydrogen) atoms. The van der Waals surface area contributed by atoms with E-state index in [-0.39, 0.29) is 12.2 Å². The van der Waals surface area contributed by atoms with Gasteiger partial charge in [0.2, 0.25) is 0 Å². The largest absolute Gasteiger partial charge is 0.370 e. The zero-order chi connectivity index (χ0) is 11.5. The number of nitrogens with zero attached hydrogens (tertiary/aromatic N) is 1. The number of ether oxygens (including phenoxy) is 2. The number of aliphatic imine (C=N–C) groups is 1. The van der Waals surface area contributed by atoms with E-state index in [1.807, 2.05) is 18.2 Å². The minimum absolute atomic E-state index is 0.0162. The molecule has 2 atom stereocenters. The van der Waals surface area contributed by atoms with Crippen molar-refractivity contribution in [1.29, 1.82) is 0 Å². The SMILES string of the molecule is c1ccc([C@@H]2CO[C@@H](C3=NCCN3)CO2)cc1. The maximum atomic E-state index is 5.84. The highest BCUT2D eigenvalue weighted by Crippen LogP contribution is 2.23. The Hall–Kier alpha value is -1.39. The van der Waals surface area contributed by atoms with Crippen molar-refractivity contribution in [1.82, 2.24) is 5.32 Å². The molecular weight excluding hydrogens is 216 g/mol. The first-order valence-electron chi connectivity index (χ1n) is 6.00. The van der Waals surface area contributed by atoms with Crippen LogP contribution in [0.5, 0.6) is 0 Å². The lowest BCUT2D eigenvalue weighted by Crippen LogP contribution is -2.41. The van der Waals surface area contributed by atoms with Gasteiger partial charge in [-0.2, -0.15) is 0 Å². The molecule has 2 aliphatic rings. The molecule has 3 rings (SSSR count). The molecule has 0 amide bonds. The Kier molecular flexibility index (Phi) is 3.07. The number of amidine groups is 1. The van der Waals surface area contributed by atoms with E-state index in [4.69, 9.17) is 9.47 Å². The fraction of sp³-hybridized carbons (Fsp3) is 0.462. The van der Waals surface area contributed by atoms with Gasteiger partial charge < -0.3 is 14.8 Å². The van der Waals surface area contributed by atoms with E-state index < -0.39 is 0 Å². The summed E-state index contributed by atoms with van der Waals surface area (Å²) >= 11 is 0. The number of benzene rings is 1. The summed E-state index contributed by atoms with van der Waals surface area (Å²) < 4.78 is 11.7. The molecule has 4 nitrogen and oxygen atoms in total. The summed E-state index contributed by atoms with van der Waals surface area (Å²) in [6.45, 7) is 2.93. The van der Waals surface area contributed by atoms with Gasteiger partial charge in [-0.15, -0.1) is 0 Å². The Morgan fingerprint density at radius 2 is 1.82 bits per heavy atom. The van der Waals surface area contributed by atoms with E-state index >= 15 is 0 Å². The molecule has 2 aliphatic heterocycles. The first-order chi connectivity index (χ1) is 8.43. The zero-order valence-electron chi connectivity index (χ0n) is 9.63. The summed E-state index contributed by atoms with van der Waals surface area (Å²) in [5, 5.41) is 3.23. The van der Waals surface area contributed by atoms with Crippen LogP contribution in [0, 0.1) is 0 Å². The Balaban J connectivity index is 1.61. The molecule has 0 radical (unpaired) electrons. The van der Waals surface area contributed by atoms with Crippen molar-refractivity contribution < 1.29 is 9.47 Å². The molecule has 0 unspecified atom stereocenters. The van der Waals surface area contributed by atoms with Gasteiger partial charge in [0.15, 0.2) is 0 Å². The number of hydrogen-bond donors (Lipinski definition) is 1. The monoisotopic (exact) mass is 232 g/mol. The predicted octanol–water partition coefficient (Wildman–Crippen LogP) is 1.14. The van der Waals surface area contributed by atoms with E-state index in [2.05, 4.69) is 22.4 Å². The first-order valence-corrected chi connectivity index (χ1v) is 6.00. The molecule has 1 aromatic rings. The third-order valence-electron chi connectivity index (χ3n) is 3.07. The molecule has 0 bridgehead atoms. The molecule has 90 valence electrons. The minimum atomic E-state index is -0.0162. The van der Waals surface area contributed by atoms with E-state index in [1.165, 1.54) is 5.56 Å². The molecule has 4 heteroatoms. The lowest BCUT2D eigenvalue weighted by molar-refractivity contribution is -0.112. The molecule has 1 saturated heterocycles. The van der Waals surface area contributed by atoms with E-state index in [0.717, 1.165) is 18.9 Å². The third-order valence-corrected chi connectivity index (χ3v) is 3.07. The van der Waals surface area contributed by atoms with Crippen LogP contribution in [0.3, 0.4) is 0 Å². The van der Waals surface area contributed by atoms with E-state index in [9.17, 15) is 0 Å². The van der Waals surface area contributed by atoms with Crippen LogP contribution in [-0.2, 0) is 9.47 Å². The van der Waals surface area contributed by atoms with Crippen LogP contribution in [0.15, 0.2) is 35.3 Å². The van der Waals surface area contributed by atoms with Gasteiger partial charge in [-0.25, -0.2) is 0 Å². The van der Waals surface area contributed by atoms with Crippen LogP contribution in [-0.4, -0.2) is 38.2 Å². The lowest BCUT2D eigenvalue weighted by atomic mass is 10.1. The average Bonchev–Trinajstić information content (AvgIpc) is 2.94. The van der Waals surface area contributed by atoms with Crippen LogP contribution in [0.4, 0.5) is 0 Å². The van der Waals surface area contributed by atoms with Crippen LogP contribution in [0.25, 0.3) is 0 Å². The normalized spacial score (nSPS) is 28.6. The molecule has 0 aliphatic carbocycles. The van der Waals surface area contributed by atoms with Crippen molar-refractivity contribution in [3.63, 3.8) is 0 Å². The summed E-state index contributed by atoms with van der Waals surface area (Å²) in [5.41, 5.74) is 1.17. The van der Waals surface area contributed by atoms with Crippen LogP contribution in [0.1, 0.15) is 11.7 Å². The minimum Gasteiger partial charge on any atom is -0.370 e. The van der Waals surface area contributed by atoms with Gasteiger partial charge in [0.25, 0.3) is 0 Å². The maximum Gasteiger partial charge on any atom is 0.138 e. The van der Waals surface area contributed by atoms with Gasteiger partial charge in [0.1, 0.15) is 18.0 Å². The molecule has 1 N–H and O–H groups in total. The van der Waals surface area contributed by atoms with E-state index in [1.54, 1.807) is 0 Å². The van der Waals surface area contributed by atoms with Crippen LogP contribution >= 0.6 is 0 Å². The van der Waals surface area contributed by atoms with Gasteiger partial charge in [0, 0.05) is 6.54 Å². The Morgan fingerprint density at radius 1 is 1.06 bits per heavy atom. The number of nitrogens with one attached hydrogen (secondary N) is 1. The van der Waals surface area contributed by atoms with Crippen molar-refractivity contribution in [2.45, 2.75) is 12.2 Å². The fourth-order valence-electron chi connectivity index (χ4n) is 2.15. The van der Waals surface area contributed by atoms with Gasteiger partial charge in [-0.3, -0.25) is 4.99 Å². The second kappa shape index (κ2) is 4.85. The summed E-state index contributed by atoms with van der Waals surface area (Å²) in [5.74, 6) is 0.941. The highest BCUT2D eigenvalue weighted by molar-refractivity contribution is 5.88. The summed E-state index contributed by atoms with van der Waals surface area (Å²) in [6.07, 6.45) is 0.0342. The van der Waals surface area contributed by atoms with Gasteiger partial charge >= 0.3 is 0 Å². The molecular formula is C13H16N2O2. The summed E-state index contributed by atoms with van der Waals surface area (Å²) in [6, 6.07) is 10.2. The molecule has 0 aromatic heterocycles. The second-order valence-corrected chi connectivity index (χ2v) is 4.25. The van der Waals surface area contributed by atoms with Crippen LogP contribution < -0.4 is 5.32 Å². The smallest absolute Gasteiger partial charge is 0.138 e. The topological polar surface area (TPSA) is 42.8 Å². The predicted molar refractivity (Wildman–Crippen MR) is 65.2 cm³/mol. The quantitative estimate of drug-likeness (QED) is 0.831. The molecule has 0 saturated carbocycles. The fourth-order valence-corrected chi connectivity index (χ4v) is 2.15. The number of hydrogen-bond acceptors (Lipinski definition) is 4. The van der Waals surface area contributed by atoms with Gasteiger partial charge in [0.05, 0.1) is 19.8 Å². The highest BCUT2D eigenvalue weighted by atomic mass is 16.6. The summed E-state index contributed by atoms with van der Waals surface area (Å²) in [4.78, 5) is 4.36. The van der Waals surface area contributed by atoms with Crippen LogP contribution in [0.2, 0.25) is 0 Å². The van der Waals surface area contributed by atoms with Crippen molar-refractivity contribution >= 4 is 5.84 Å². The Morgan fingerprint density at radius 3 is 2.47 bits per heavy atom. The molecule has 2 heterocycles.